The van der Waals surface area contributed by atoms with Crippen LogP contribution < -0.4 is 5.32 Å². The molecule has 0 bridgehead atoms. The van der Waals surface area contributed by atoms with Crippen molar-refractivity contribution >= 4 is 35.1 Å². The number of halogens is 2. The molecule has 2 aromatic carbocycles. The average molecular weight is 471 g/mol. The van der Waals surface area contributed by atoms with E-state index in [2.05, 4.69) is 10.2 Å². The molecule has 1 amide bonds. The normalized spacial score (nSPS) is 18.8. The van der Waals surface area contributed by atoms with Gasteiger partial charge in [-0.2, -0.15) is 0 Å². The van der Waals surface area contributed by atoms with Crippen molar-refractivity contribution in [2.75, 3.05) is 6.54 Å². The molecule has 166 valence electrons. The number of hydrogen-bond acceptors (Lipinski definition) is 3. The maximum absolute atomic E-state index is 13.3. The second-order valence-electron chi connectivity index (χ2n) is 8.17. The first kappa shape index (κ1) is 22.4. The van der Waals surface area contributed by atoms with E-state index < -0.39 is 5.97 Å². The van der Waals surface area contributed by atoms with E-state index in [-0.39, 0.29) is 22.9 Å². The summed E-state index contributed by atoms with van der Waals surface area (Å²) in [5.74, 6) is -1.16. The summed E-state index contributed by atoms with van der Waals surface area (Å²) in [5, 5.41) is 12.6. The molecule has 2 atom stereocenters. The van der Waals surface area contributed by atoms with Gasteiger partial charge in [0.15, 0.2) is 0 Å². The van der Waals surface area contributed by atoms with Crippen LogP contribution in [0.3, 0.4) is 0 Å². The molecule has 0 saturated heterocycles. The molecule has 0 aromatic heterocycles. The fourth-order valence-corrected chi connectivity index (χ4v) is 4.70. The largest absolute Gasteiger partial charge is 0.478 e. The third kappa shape index (κ3) is 4.84. The number of carboxylic acids is 1. The van der Waals surface area contributed by atoms with Gasteiger partial charge in [-0.05, 0) is 60.7 Å². The Morgan fingerprint density at radius 1 is 1.16 bits per heavy atom. The molecule has 1 heterocycles. The van der Waals surface area contributed by atoms with E-state index in [9.17, 15) is 9.59 Å². The van der Waals surface area contributed by atoms with Crippen LogP contribution in [-0.2, 0) is 11.3 Å². The van der Waals surface area contributed by atoms with Crippen LogP contribution >= 0.6 is 23.2 Å². The second-order valence-corrected chi connectivity index (χ2v) is 9.17. The van der Waals surface area contributed by atoms with Gasteiger partial charge in [0.25, 0.3) is 5.91 Å². The summed E-state index contributed by atoms with van der Waals surface area (Å²) in [4.78, 5) is 26.6. The number of carbonyl (C=O) groups excluding carboxylic acids is 1. The van der Waals surface area contributed by atoms with Crippen molar-refractivity contribution in [2.45, 2.75) is 37.7 Å². The van der Waals surface area contributed by atoms with Crippen LogP contribution in [0.4, 0.5) is 0 Å². The second kappa shape index (κ2) is 9.39. The predicted molar refractivity (Wildman–Crippen MR) is 126 cm³/mol. The van der Waals surface area contributed by atoms with E-state index >= 15 is 0 Å². The minimum atomic E-state index is -0.977. The molecule has 2 N–H and O–H groups in total. The lowest BCUT2D eigenvalue weighted by Crippen LogP contribution is -2.33. The zero-order chi connectivity index (χ0) is 22.8. The molecule has 1 aliphatic heterocycles. The first-order chi connectivity index (χ1) is 15.3. The van der Waals surface area contributed by atoms with Gasteiger partial charge in [0.1, 0.15) is 0 Å². The molecule has 5 nitrogen and oxygen atoms in total. The highest BCUT2D eigenvalue weighted by Gasteiger charge is 2.33. The molecule has 0 radical (unpaired) electrons. The van der Waals surface area contributed by atoms with Gasteiger partial charge in [-0.1, -0.05) is 41.9 Å². The van der Waals surface area contributed by atoms with Crippen LogP contribution in [0.25, 0.3) is 0 Å². The van der Waals surface area contributed by atoms with E-state index in [1.54, 1.807) is 24.3 Å². The molecule has 2 aromatic rings. The highest BCUT2D eigenvalue weighted by atomic mass is 35.5. The number of rotatable bonds is 6. The van der Waals surface area contributed by atoms with E-state index in [0.717, 1.165) is 36.2 Å². The maximum Gasteiger partial charge on any atom is 0.335 e. The molecular weight excluding hydrogens is 447 g/mol. The summed E-state index contributed by atoms with van der Waals surface area (Å²) in [7, 11) is 0. The lowest BCUT2D eigenvalue weighted by atomic mass is 9.94. The van der Waals surface area contributed by atoms with Crippen molar-refractivity contribution in [3.05, 3.63) is 93.2 Å². The van der Waals surface area contributed by atoms with Crippen molar-refractivity contribution in [3.8, 4) is 0 Å². The monoisotopic (exact) mass is 470 g/mol. The summed E-state index contributed by atoms with van der Waals surface area (Å²) >= 11 is 12.5. The molecule has 0 spiro atoms. The number of nitrogens with one attached hydrogen (secondary N) is 1. The first-order valence-electron chi connectivity index (χ1n) is 10.5. The number of aromatic carboxylic acids is 1. The number of allylic oxidation sites excluding steroid dienone is 1. The average Bonchev–Trinajstić information content (AvgIpc) is 3.17. The van der Waals surface area contributed by atoms with Crippen molar-refractivity contribution < 1.29 is 14.7 Å². The Balaban J connectivity index is 1.52. The summed E-state index contributed by atoms with van der Waals surface area (Å²) in [6, 6.07) is 14.0. The Bertz CT molecular complexity index is 1090. The van der Waals surface area contributed by atoms with Crippen molar-refractivity contribution in [1.29, 1.82) is 0 Å². The minimum absolute atomic E-state index is 0.180. The Kier molecular flexibility index (Phi) is 6.58. The molecule has 32 heavy (non-hydrogen) atoms. The van der Waals surface area contributed by atoms with Gasteiger partial charge in [0, 0.05) is 23.8 Å². The smallest absolute Gasteiger partial charge is 0.335 e. The maximum atomic E-state index is 13.3. The van der Waals surface area contributed by atoms with Gasteiger partial charge in [0.05, 0.1) is 22.6 Å². The minimum Gasteiger partial charge on any atom is -0.478 e. The standard InChI is InChI=1S/C25H24Cl2N2O3/c1-15(17-4-6-18(7-5-17)25(31)32)28-24(30)22-13-21(27)12-19-10-11-29(23(19)22)14-16-2-8-20(26)9-3-16/h2-9,13,15,21H,10-12,14H2,1H3,(H,28,30)(H,31,32)/t15-,21?/m0/s1. The van der Waals surface area contributed by atoms with Gasteiger partial charge >= 0.3 is 5.97 Å². The Morgan fingerprint density at radius 2 is 1.84 bits per heavy atom. The number of benzene rings is 2. The topological polar surface area (TPSA) is 69.6 Å². The predicted octanol–water partition coefficient (Wildman–Crippen LogP) is 5.31. The third-order valence-electron chi connectivity index (χ3n) is 5.92. The highest BCUT2D eigenvalue weighted by Crippen LogP contribution is 2.38. The molecule has 4 rings (SSSR count). The van der Waals surface area contributed by atoms with E-state index in [1.165, 1.54) is 5.57 Å². The van der Waals surface area contributed by atoms with E-state index in [1.807, 2.05) is 37.3 Å². The van der Waals surface area contributed by atoms with Crippen LogP contribution in [0.1, 0.15) is 47.3 Å². The molecule has 1 aliphatic carbocycles. The van der Waals surface area contributed by atoms with Crippen molar-refractivity contribution in [2.24, 2.45) is 0 Å². The van der Waals surface area contributed by atoms with Crippen LogP contribution in [0.2, 0.25) is 5.02 Å². The van der Waals surface area contributed by atoms with E-state index in [0.29, 0.717) is 17.1 Å². The number of carboxylic acid groups (broad SMARTS) is 1. The fraction of sp³-hybridized carbons (Fsp3) is 0.280. The molecule has 1 unspecified atom stereocenters. The third-order valence-corrected chi connectivity index (χ3v) is 6.45. The summed E-state index contributed by atoms with van der Waals surface area (Å²) in [6.07, 6.45) is 3.48. The Labute approximate surface area is 197 Å². The van der Waals surface area contributed by atoms with Crippen molar-refractivity contribution in [1.82, 2.24) is 10.2 Å². The van der Waals surface area contributed by atoms with Gasteiger partial charge < -0.3 is 15.3 Å². The summed E-state index contributed by atoms with van der Waals surface area (Å²) in [5.41, 5.74) is 4.97. The quantitative estimate of drug-likeness (QED) is 0.560. The number of alkyl halides is 1. The molecular formula is C25H24Cl2N2O3. The van der Waals surface area contributed by atoms with Crippen molar-refractivity contribution in [3.63, 3.8) is 0 Å². The number of hydrogen-bond donors (Lipinski definition) is 2. The lowest BCUT2D eigenvalue weighted by molar-refractivity contribution is -0.118. The summed E-state index contributed by atoms with van der Waals surface area (Å²) in [6.45, 7) is 3.41. The fourth-order valence-electron chi connectivity index (χ4n) is 4.26. The van der Waals surface area contributed by atoms with Gasteiger partial charge in [-0.15, -0.1) is 11.6 Å². The van der Waals surface area contributed by atoms with Crippen LogP contribution in [0, 0.1) is 0 Å². The van der Waals surface area contributed by atoms with Crippen LogP contribution in [0.15, 0.2) is 71.5 Å². The number of nitrogens with zero attached hydrogens (tertiary/aromatic N) is 1. The highest BCUT2D eigenvalue weighted by molar-refractivity contribution is 6.30. The van der Waals surface area contributed by atoms with Gasteiger partial charge in [0.2, 0.25) is 0 Å². The van der Waals surface area contributed by atoms with Crippen LogP contribution in [-0.4, -0.2) is 33.8 Å². The molecule has 2 aliphatic rings. The molecule has 0 saturated carbocycles. The number of amides is 1. The Morgan fingerprint density at radius 3 is 2.50 bits per heavy atom. The zero-order valence-corrected chi connectivity index (χ0v) is 19.2. The van der Waals surface area contributed by atoms with Gasteiger partial charge in [-0.3, -0.25) is 4.79 Å². The van der Waals surface area contributed by atoms with E-state index in [4.69, 9.17) is 28.3 Å². The lowest BCUT2D eigenvalue weighted by Gasteiger charge is -2.28. The first-order valence-corrected chi connectivity index (χ1v) is 11.3. The van der Waals surface area contributed by atoms with Gasteiger partial charge in [-0.25, -0.2) is 4.79 Å². The number of carbonyl (C=O) groups is 2. The SMILES string of the molecule is C[C@H](NC(=O)C1=CC(Cl)CC2=C1N(Cc1ccc(Cl)cc1)CC2)c1ccc(C(=O)O)cc1. The zero-order valence-electron chi connectivity index (χ0n) is 17.6. The van der Waals surface area contributed by atoms with Crippen LogP contribution in [0.5, 0.6) is 0 Å². The Hall–Kier alpha value is -2.76. The molecule has 0 fully saturated rings. The molecule has 7 heteroatoms. The summed E-state index contributed by atoms with van der Waals surface area (Å²) < 4.78 is 0.